The molecule has 1 N–H and O–H groups in total. The number of fused-ring (bicyclic) bond motifs is 4. The van der Waals surface area contributed by atoms with Crippen LogP contribution in [-0.4, -0.2) is 43.1 Å². The van der Waals surface area contributed by atoms with Gasteiger partial charge in [0.15, 0.2) is 23.1 Å². The van der Waals surface area contributed by atoms with Gasteiger partial charge in [0, 0.05) is 12.2 Å². The highest BCUT2D eigenvalue weighted by Gasteiger charge is 2.48. The summed E-state index contributed by atoms with van der Waals surface area (Å²) in [5, 5.41) is 5.28. The molecule has 276 valence electrons. The lowest BCUT2D eigenvalue weighted by Crippen LogP contribution is -2.52. The second-order valence-electron chi connectivity index (χ2n) is 14.2. The molecule has 0 unspecified atom stereocenters. The molecule has 3 fully saturated rings. The van der Waals surface area contributed by atoms with Crippen LogP contribution >= 0.6 is 11.3 Å². The number of rotatable bonds is 10. The van der Waals surface area contributed by atoms with Crippen LogP contribution in [0.2, 0.25) is 0 Å². The number of thiophene rings is 1. The molecular weight excluding hydrogens is 715 g/mol. The van der Waals surface area contributed by atoms with E-state index in [0.29, 0.717) is 16.1 Å². The fourth-order valence-corrected chi connectivity index (χ4v) is 9.68. The van der Waals surface area contributed by atoms with E-state index in [4.69, 9.17) is 14.7 Å². The van der Waals surface area contributed by atoms with E-state index in [0.717, 1.165) is 48.6 Å². The van der Waals surface area contributed by atoms with Crippen molar-refractivity contribution in [3.05, 3.63) is 149 Å². The number of anilines is 1. The highest BCUT2D eigenvalue weighted by Crippen LogP contribution is 2.48. The number of nitrogens with zero attached hydrogens (tertiary/aromatic N) is 5. The van der Waals surface area contributed by atoms with Gasteiger partial charge in [-0.25, -0.2) is 24.3 Å². The fraction of sp³-hybridized carbons (Fsp3) is 0.250. The molecule has 3 aliphatic rings. The molecule has 3 saturated carbocycles. The second kappa shape index (κ2) is 14.4. The molecule has 0 spiro atoms. The van der Waals surface area contributed by atoms with Gasteiger partial charge in [-0.3, -0.25) is 4.79 Å². The predicted octanol–water partition coefficient (Wildman–Crippen LogP) is 9.51. The van der Waals surface area contributed by atoms with Crippen LogP contribution in [0, 0.1) is 29.5 Å². The van der Waals surface area contributed by atoms with Crippen LogP contribution in [0.15, 0.2) is 121 Å². The van der Waals surface area contributed by atoms with Gasteiger partial charge in [-0.15, -0.1) is 11.3 Å². The van der Waals surface area contributed by atoms with Crippen LogP contribution in [-0.2, 0) is 15.1 Å². The Kier molecular flexibility index (Phi) is 9.17. The summed E-state index contributed by atoms with van der Waals surface area (Å²) in [6, 6.07) is 33.5. The number of carbonyl (C=O) groups is 1. The Morgan fingerprint density at radius 3 is 2.04 bits per heavy atom. The van der Waals surface area contributed by atoms with E-state index in [1.807, 2.05) is 82.9 Å². The maximum Gasteiger partial charge on any atom is 0.311 e. The van der Waals surface area contributed by atoms with Crippen LogP contribution in [0.4, 0.5) is 14.6 Å². The number of hydrogen-bond donors (Lipinski definition) is 1. The standard InChI is InChI=1S/C44H38F2N6O2S/c1-2-54-43(53)35-27-20-22-28(23-21-27)37(35)49-41-36(46)39(33-19-12-24-55-33)50-40(51-41)32-26-52(42-38(32)48-34(45)25-47-42)44(29-13-6-3-7-14-29,30-15-8-4-9-16-30)31-17-10-5-11-18-31/h3-19,24-28,35,37H,2,20-23H2,1H3,(H,49,50,51)/t27?,28?,35-,37-/m1/s1. The minimum absolute atomic E-state index is 0.0223. The Bertz CT molecular complexity index is 2360. The zero-order chi connectivity index (χ0) is 37.5. The Balaban J connectivity index is 1.29. The summed E-state index contributed by atoms with van der Waals surface area (Å²) >= 11 is 1.36. The molecule has 3 aliphatic carbocycles. The first kappa shape index (κ1) is 34.9. The van der Waals surface area contributed by atoms with E-state index in [-0.39, 0.29) is 53.3 Å². The van der Waals surface area contributed by atoms with E-state index in [2.05, 4.69) is 51.7 Å². The molecule has 4 heterocycles. The largest absolute Gasteiger partial charge is 0.466 e. The number of nitrogens with one attached hydrogen (secondary N) is 1. The van der Waals surface area contributed by atoms with Crippen LogP contribution in [0.5, 0.6) is 0 Å². The van der Waals surface area contributed by atoms with Crippen molar-refractivity contribution in [1.29, 1.82) is 0 Å². The first-order chi connectivity index (χ1) is 27.0. The summed E-state index contributed by atoms with van der Waals surface area (Å²) in [4.78, 5) is 32.8. The van der Waals surface area contributed by atoms with Crippen LogP contribution in [0.1, 0.15) is 49.3 Å². The molecular formula is C44H38F2N6O2S. The number of benzene rings is 3. The molecule has 0 saturated heterocycles. The van der Waals surface area contributed by atoms with Gasteiger partial charge in [0.2, 0.25) is 5.95 Å². The van der Waals surface area contributed by atoms with Crippen molar-refractivity contribution in [2.75, 3.05) is 11.9 Å². The Morgan fingerprint density at radius 2 is 1.45 bits per heavy atom. The summed E-state index contributed by atoms with van der Waals surface area (Å²) in [6.45, 7) is 2.07. The molecule has 7 aromatic rings. The molecule has 0 radical (unpaired) electrons. The zero-order valence-electron chi connectivity index (χ0n) is 30.1. The van der Waals surface area contributed by atoms with E-state index in [1.54, 1.807) is 6.92 Å². The van der Waals surface area contributed by atoms with Gasteiger partial charge < -0.3 is 14.6 Å². The topological polar surface area (TPSA) is 94.8 Å². The molecule has 0 aliphatic heterocycles. The van der Waals surface area contributed by atoms with E-state index >= 15 is 8.78 Å². The Labute approximate surface area is 321 Å². The minimum Gasteiger partial charge on any atom is -0.466 e. The number of carbonyl (C=O) groups excluding carboxylic acids is 1. The fourth-order valence-electron chi connectivity index (χ4n) is 8.98. The number of aromatic nitrogens is 5. The van der Waals surface area contributed by atoms with Crippen molar-refractivity contribution >= 4 is 34.3 Å². The molecule has 8 nitrogen and oxygen atoms in total. The SMILES string of the molecule is CCOC(=O)[C@@H]1C2CCC(CC2)[C@H]1Nc1nc(-c2cn(C(c3ccccc3)(c3ccccc3)c3ccccc3)c3ncc(F)nc23)nc(-c2cccs2)c1F. The van der Waals surface area contributed by atoms with Crippen molar-refractivity contribution in [2.24, 2.45) is 17.8 Å². The first-order valence-electron chi connectivity index (χ1n) is 18.7. The summed E-state index contributed by atoms with van der Waals surface area (Å²) in [5.41, 5.74) is 2.87. The molecule has 11 heteroatoms. The predicted molar refractivity (Wildman–Crippen MR) is 209 cm³/mol. The third-order valence-corrected chi connectivity index (χ3v) is 12.2. The van der Waals surface area contributed by atoms with Crippen LogP contribution < -0.4 is 5.32 Å². The molecule has 2 atom stereocenters. The van der Waals surface area contributed by atoms with Gasteiger partial charge in [-0.2, -0.15) is 4.39 Å². The monoisotopic (exact) mass is 752 g/mol. The average Bonchev–Trinajstić information content (AvgIpc) is 3.90. The Hall–Kier alpha value is -5.81. The quantitative estimate of drug-likeness (QED) is 0.110. The van der Waals surface area contributed by atoms with Gasteiger partial charge >= 0.3 is 5.97 Å². The first-order valence-corrected chi connectivity index (χ1v) is 19.6. The third-order valence-electron chi connectivity index (χ3n) is 11.3. The van der Waals surface area contributed by atoms with Crippen molar-refractivity contribution in [3.63, 3.8) is 0 Å². The maximum absolute atomic E-state index is 16.9. The number of esters is 1. The lowest BCUT2D eigenvalue weighted by atomic mass is 9.61. The summed E-state index contributed by atoms with van der Waals surface area (Å²) in [7, 11) is 0. The third kappa shape index (κ3) is 5.97. The molecule has 3 aromatic carbocycles. The highest BCUT2D eigenvalue weighted by atomic mass is 32.1. The molecule has 10 rings (SSSR count). The average molecular weight is 753 g/mol. The lowest BCUT2D eigenvalue weighted by Gasteiger charge is -2.47. The van der Waals surface area contributed by atoms with Gasteiger partial charge in [-0.1, -0.05) is 97.1 Å². The minimum atomic E-state index is -1.02. The maximum atomic E-state index is 16.9. The van der Waals surface area contributed by atoms with Crippen LogP contribution in [0.3, 0.4) is 0 Å². The summed E-state index contributed by atoms with van der Waals surface area (Å²) < 4.78 is 39.7. The van der Waals surface area contributed by atoms with Gasteiger partial charge in [0.25, 0.3) is 0 Å². The van der Waals surface area contributed by atoms with Crippen LogP contribution in [0.25, 0.3) is 33.1 Å². The van der Waals surface area contributed by atoms with Crippen molar-refractivity contribution < 1.29 is 18.3 Å². The van der Waals surface area contributed by atoms with Gasteiger partial charge in [-0.05, 0) is 72.6 Å². The lowest BCUT2D eigenvalue weighted by molar-refractivity contribution is -0.154. The zero-order valence-corrected chi connectivity index (χ0v) is 30.9. The summed E-state index contributed by atoms with van der Waals surface area (Å²) in [6.07, 6.45) is 6.69. The molecule has 55 heavy (non-hydrogen) atoms. The second-order valence-corrected chi connectivity index (χ2v) is 15.2. The molecule has 0 amide bonds. The van der Waals surface area contributed by atoms with Gasteiger partial charge in [0.05, 0.1) is 29.2 Å². The van der Waals surface area contributed by atoms with Crippen molar-refractivity contribution in [2.45, 2.75) is 44.2 Å². The van der Waals surface area contributed by atoms with E-state index in [9.17, 15) is 4.79 Å². The smallest absolute Gasteiger partial charge is 0.311 e. The normalized spacial score (nSPS) is 19.4. The van der Waals surface area contributed by atoms with E-state index in [1.165, 1.54) is 11.3 Å². The molecule has 4 aromatic heterocycles. The summed E-state index contributed by atoms with van der Waals surface area (Å²) in [5.74, 6) is -1.68. The highest BCUT2D eigenvalue weighted by molar-refractivity contribution is 7.13. The van der Waals surface area contributed by atoms with Crippen molar-refractivity contribution in [3.8, 4) is 22.0 Å². The molecule has 2 bridgehead atoms. The number of ether oxygens (including phenoxy) is 1. The van der Waals surface area contributed by atoms with Gasteiger partial charge in [0.1, 0.15) is 16.7 Å². The van der Waals surface area contributed by atoms with E-state index < -0.39 is 23.2 Å². The van der Waals surface area contributed by atoms with Crippen molar-refractivity contribution in [1.82, 2.24) is 24.5 Å². The number of halogens is 2. The number of hydrogen-bond acceptors (Lipinski definition) is 8. The Morgan fingerprint density at radius 1 is 0.836 bits per heavy atom.